The molecule has 3 heterocycles. The molecule has 1 aliphatic heterocycles. The Balaban J connectivity index is 0.00000341. The Kier molecular flexibility index (Phi) is 11.5. The highest BCUT2D eigenvalue weighted by molar-refractivity contribution is 14.0. The third-order valence-electron chi connectivity index (χ3n) is 5.10. The zero-order valence-electron chi connectivity index (χ0n) is 18.2. The number of guanidine groups is 1. The van der Waals surface area contributed by atoms with Gasteiger partial charge in [-0.2, -0.15) is 0 Å². The lowest BCUT2D eigenvalue weighted by atomic mass is 10.2. The summed E-state index contributed by atoms with van der Waals surface area (Å²) >= 11 is 5.86. The Hall–Kier alpha value is -1.50. The van der Waals surface area contributed by atoms with E-state index < -0.39 is 0 Å². The number of ether oxygens (including phenoxy) is 1. The van der Waals surface area contributed by atoms with Crippen LogP contribution in [-0.2, 0) is 24.8 Å². The number of aromatic nitrogens is 4. The molecule has 2 aromatic rings. The first-order valence-electron chi connectivity index (χ1n) is 10.4. The second kappa shape index (κ2) is 13.8. The van der Waals surface area contributed by atoms with Gasteiger partial charge in [0.15, 0.2) is 11.8 Å². The summed E-state index contributed by atoms with van der Waals surface area (Å²) in [6, 6.07) is 3.80. The van der Waals surface area contributed by atoms with Crippen LogP contribution in [0.4, 0.5) is 0 Å². The molecule has 2 N–H and O–H groups in total. The van der Waals surface area contributed by atoms with Gasteiger partial charge in [-0.25, -0.2) is 9.98 Å². The van der Waals surface area contributed by atoms with Gasteiger partial charge in [0, 0.05) is 39.4 Å². The topological polar surface area (TPSA) is 92.5 Å². The molecule has 0 amide bonds. The molecule has 1 fully saturated rings. The van der Waals surface area contributed by atoms with Crippen LogP contribution in [0, 0.1) is 6.92 Å². The Morgan fingerprint density at radius 2 is 1.97 bits per heavy atom. The lowest BCUT2D eigenvalue weighted by Gasteiger charge is -2.26. The maximum Gasteiger partial charge on any atom is 0.191 e. The predicted molar refractivity (Wildman–Crippen MR) is 133 cm³/mol. The van der Waals surface area contributed by atoms with Crippen LogP contribution in [0.5, 0.6) is 0 Å². The van der Waals surface area contributed by atoms with E-state index in [1.54, 1.807) is 6.20 Å². The molecule has 2 aromatic heterocycles. The first-order valence-corrected chi connectivity index (χ1v) is 10.8. The average Bonchev–Trinajstić information content (AvgIpc) is 3.08. The average molecular weight is 563 g/mol. The summed E-state index contributed by atoms with van der Waals surface area (Å²) in [6.45, 7) is 8.75. The van der Waals surface area contributed by atoms with Crippen molar-refractivity contribution in [3.8, 4) is 0 Å². The van der Waals surface area contributed by atoms with Crippen molar-refractivity contribution in [1.29, 1.82) is 0 Å². The van der Waals surface area contributed by atoms with Crippen molar-refractivity contribution in [3.05, 3.63) is 40.7 Å². The minimum Gasteiger partial charge on any atom is -0.379 e. The predicted octanol–water partition coefficient (Wildman–Crippen LogP) is 1.79. The van der Waals surface area contributed by atoms with Gasteiger partial charge in [0.25, 0.3) is 0 Å². The smallest absolute Gasteiger partial charge is 0.191 e. The normalized spacial score (nSPS) is 14.9. The SMILES string of the molecule is Cc1nnc(CN=C(NCCCN2CCOCC2)NCCc2ccc(Cl)nc2)n1C.I. The monoisotopic (exact) mass is 562 g/mol. The van der Waals surface area contributed by atoms with Crippen molar-refractivity contribution in [2.24, 2.45) is 12.0 Å². The van der Waals surface area contributed by atoms with Gasteiger partial charge in [0.05, 0.1) is 13.2 Å². The highest BCUT2D eigenvalue weighted by Crippen LogP contribution is 2.05. The third-order valence-corrected chi connectivity index (χ3v) is 5.33. The molecular formula is C20H32ClIN8O. The molecule has 1 aliphatic rings. The first-order chi connectivity index (χ1) is 14.6. The Morgan fingerprint density at radius 3 is 2.65 bits per heavy atom. The minimum absolute atomic E-state index is 0. The van der Waals surface area contributed by atoms with E-state index in [9.17, 15) is 0 Å². The standard InChI is InChI=1S/C20H31ClN8O.HI/c1-16-26-27-19(28(16)2)15-25-20(22-7-3-9-29-10-12-30-13-11-29)23-8-6-17-4-5-18(21)24-14-17;/h4-5,14H,3,6-13,15H2,1-2H3,(H2,22,23,25);1H. The fraction of sp³-hybridized carbons (Fsp3) is 0.600. The van der Waals surface area contributed by atoms with Crippen LogP contribution in [0.25, 0.3) is 0 Å². The van der Waals surface area contributed by atoms with E-state index in [0.717, 1.165) is 82.0 Å². The third kappa shape index (κ3) is 8.87. The van der Waals surface area contributed by atoms with Crippen LogP contribution in [0.15, 0.2) is 23.3 Å². The summed E-state index contributed by atoms with van der Waals surface area (Å²) in [5.74, 6) is 2.49. The second-order valence-corrected chi connectivity index (χ2v) is 7.67. The highest BCUT2D eigenvalue weighted by atomic mass is 127. The van der Waals surface area contributed by atoms with E-state index in [0.29, 0.717) is 11.7 Å². The van der Waals surface area contributed by atoms with Crippen LogP contribution < -0.4 is 10.6 Å². The molecule has 172 valence electrons. The number of nitrogens with zero attached hydrogens (tertiary/aromatic N) is 6. The van der Waals surface area contributed by atoms with E-state index >= 15 is 0 Å². The Morgan fingerprint density at radius 1 is 1.19 bits per heavy atom. The first kappa shape index (κ1) is 25.8. The Labute approximate surface area is 206 Å². The van der Waals surface area contributed by atoms with Gasteiger partial charge >= 0.3 is 0 Å². The van der Waals surface area contributed by atoms with E-state index in [-0.39, 0.29) is 24.0 Å². The van der Waals surface area contributed by atoms with Crippen molar-refractivity contribution in [2.45, 2.75) is 26.3 Å². The Bertz CT molecular complexity index is 808. The lowest BCUT2D eigenvalue weighted by molar-refractivity contribution is 0.0376. The molecule has 0 bridgehead atoms. The van der Waals surface area contributed by atoms with E-state index in [1.165, 1.54) is 0 Å². The number of hydrogen-bond donors (Lipinski definition) is 2. The molecule has 9 nitrogen and oxygen atoms in total. The van der Waals surface area contributed by atoms with Crippen molar-refractivity contribution < 1.29 is 4.74 Å². The molecule has 3 rings (SSSR count). The summed E-state index contributed by atoms with van der Waals surface area (Å²) in [5, 5.41) is 15.6. The second-order valence-electron chi connectivity index (χ2n) is 7.29. The highest BCUT2D eigenvalue weighted by Gasteiger charge is 2.10. The van der Waals surface area contributed by atoms with Crippen molar-refractivity contribution in [2.75, 3.05) is 45.9 Å². The number of morpholine rings is 1. The van der Waals surface area contributed by atoms with Crippen molar-refractivity contribution >= 4 is 41.5 Å². The number of aryl methyl sites for hydroxylation is 1. The fourth-order valence-corrected chi connectivity index (χ4v) is 3.24. The lowest BCUT2D eigenvalue weighted by Crippen LogP contribution is -2.41. The van der Waals surface area contributed by atoms with Gasteiger partial charge in [-0.15, -0.1) is 34.2 Å². The van der Waals surface area contributed by atoms with Crippen LogP contribution in [0.1, 0.15) is 23.6 Å². The summed E-state index contributed by atoms with van der Waals surface area (Å²) in [5.41, 5.74) is 1.13. The number of halogens is 2. The molecule has 1 saturated heterocycles. The fourth-order valence-electron chi connectivity index (χ4n) is 3.13. The molecule has 31 heavy (non-hydrogen) atoms. The van der Waals surface area contributed by atoms with Gasteiger partial charge < -0.3 is 19.9 Å². The summed E-state index contributed by atoms with van der Waals surface area (Å²) in [4.78, 5) is 11.3. The zero-order chi connectivity index (χ0) is 21.2. The van der Waals surface area contributed by atoms with Crippen LogP contribution in [0.3, 0.4) is 0 Å². The maximum atomic E-state index is 5.86. The molecule has 11 heteroatoms. The molecule has 0 atom stereocenters. The number of nitrogens with one attached hydrogen (secondary N) is 2. The van der Waals surface area contributed by atoms with Gasteiger partial charge in [-0.1, -0.05) is 17.7 Å². The number of pyridine rings is 1. The van der Waals surface area contributed by atoms with E-state index in [2.05, 4.69) is 30.7 Å². The molecule has 0 radical (unpaired) electrons. The van der Waals surface area contributed by atoms with Crippen molar-refractivity contribution in [1.82, 2.24) is 35.3 Å². The quantitative estimate of drug-likeness (QED) is 0.158. The van der Waals surface area contributed by atoms with Crippen LogP contribution in [0.2, 0.25) is 5.15 Å². The van der Waals surface area contributed by atoms with E-state index in [1.807, 2.05) is 30.7 Å². The molecule has 0 aromatic carbocycles. The largest absolute Gasteiger partial charge is 0.379 e. The molecular weight excluding hydrogens is 531 g/mol. The summed E-state index contributed by atoms with van der Waals surface area (Å²) in [7, 11) is 1.95. The molecule has 0 unspecified atom stereocenters. The summed E-state index contributed by atoms with van der Waals surface area (Å²) in [6.07, 6.45) is 3.69. The number of rotatable bonds is 9. The van der Waals surface area contributed by atoms with Gasteiger partial charge in [-0.3, -0.25) is 4.90 Å². The molecule has 0 aliphatic carbocycles. The summed E-state index contributed by atoms with van der Waals surface area (Å²) < 4.78 is 7.36. The van der Waals surface area contributed by atoms with Gasteiger partial charge in [0.1, 0.15) is 17.5 Å². The molecule has 0 spiro atoms. The minimum atomic E-state index is 0. The van der Waals surface area contributed by atoms with Crippen LogP contribution in [-0.4, -0.2) is 76.5 Å². The number of aliphatic imine (C=N–C) groups is 1. The maximum absolute atomic E-state index is 5.86. The van der Waals surface area contributed by atoms with Gasteiger partial charge in [0.2, 0.25) is 0 Å². The van der Waals surface area contributed by atoms with Crippen LogP contribution >= 0.6 is 35.6 Å². The van der Waals surface area contributed by atoms with Crippen molar-refractivity contribution in [3.63, 3.8) is 0 Å². The molecule has 0 saturated carbocycles. The zero-order valence-corrected chi connectivity index (χ0v) is 21.3. The number of hydrogen-bond acceptors (Lipinski definition) is 6. The van der Waals surface area contributed by atoms with E-state index in [4.69, 9.17) is 21.3 Å². The van der Waals surface area contributed by atoms with Gasteiger partial charge in [-0.05, 0) is 37.9 Å².